The van der Waals surface area contributed by atoms with Crippen molar-refractivity contribution in [2.75, 3.05) is 11.6 Å². The fourth-order valence-corrected chi connectivity index (χ4v) is 2.65. The van der Waals surface area contributed by atoms with E-state index < -0.39 is 0 Å². The van der Waals surface area contributed by atoms with Crippen LogP contribution in [0.4, 0.5) is 0 Å². The standard InChI is InChI=1S/C12H15BrOS/c1-3-9-5-4-6-10(12(9)15-2)7-11(14)8-13/h4-6H,3,7-8H2,1-2H3. The molecule has 0 amide bonds. The molecule has 0 aliphatic rings. The average molecular weight is 287 g/mol. The Balaban J connectivity index is 3.00. The Morgan fingerprint density at radius 3 is 2.60 bits per heavy atom. The molecule has 15 heavy (non-hydrogen) atoms. The molecule has 0 heterocycles. The molecule has 0 saturated heterocycles. The van der Waals surface area contributed by atoms with Gasteiger partial charge in [0.2, 0.25) is 0 Å². The fourth-order valence-electron chi connectivity index (χ4n) is 1.58. The highest BCUT2D eigenvalue weighted by molar-refractivity contribution is 9.09. The number of benzene rings is 1. The molecule has 3 heteroatoms. The van der Waals surface area contributed by atoms with Crippen LogP contribution in [0.2, 0.25) is 0 Å². The number of ketones is 1. The normalized spacial score (nSPS) is 10.3. The first-order chi connectivity index (χ1) is 7.22. The van der Waals surface area contributed by atoms with Crippen LogP contribution < -0.4 is 0 Å². The van der Waals surface area contributed by atoms with Crippen molar-refractivity contribution in [3.05, 3.63) is 29.3 Å². The number of halogens is 1. The van der Waals surface area contributed by atoms with Crippen molar-refractivity contribution in [2.45, 2.75) is 24.7 Å². The van der Waals surface area contributed by atoms with Crippen molar-refractivity contribution < 1.29 is 4.79 Å². The second-order valence-electron chi connectivity index (χ2n) is 3.31. The topological polar surface area (TPSA) is 17.1 Å². The Bertz CT molecular complexity index is 349. The summed E-state index contributed by atoms with van der Waals surface area (Å²) in [4.78, 5) is 12.7. The summed E-state index contributed by atoms with van der Waals surface area (Å²) in [6.07, 6.45) is 3.62. The molecule has 1 nitrogen and oxygen atoms in total. The van der Waals surface area contributed by atoms with E-state index in [1.807, 2.05) is 12.1 Å². The van der Waals surface area contributed by atoms with Crippen LogP contribution >= 0.6 is 27.7 Å². The number of alkyl halides is 1. The van der Waals surface area contributed by atoms with Gasteiger partial charge in [0.25, 0.3) is 0 Å². The van der Waals surface area contributed by atoms with Crippen LogP contribution in [0.25, 0.3) is 0 Å². The van der Waals surface area contributed by atoms with E-state index in [-0.39, 0.29) is 5.78 Å². The maximum atomic E-state index is 11.4. The average Bonchev–Trinajstić information content (AvgIpc) is 2.28. The lowest BCUT2D eigenvalue weighted by molar-refractivity contribution is -0.115. The summed E-state index contributed by atoms with van der Waals surface area (Å²) in [5, 5.41) is 0.442. The first-order valence-electron chi connectivity index (χ1n) is 4.95. The minimum Gasteiger partial charge on any atom is -0.298 e. The molecule has 0 aliphatic carbocycles. The molecule has 0 aromatic heterocycles. The zero-order valence-electron chi connectivity index (χ0n) is 9.05. The molecule has 0 fully saturated rings. The molecule has 0 bridgehead atoms. The number of hydrogen-bond donors (Lipinski definition) is 0. The number of hydrogen-bond acceptors (Lipinski definition) is 2. The van der Waals surface area contributed by atoms with Gasteiger partial charge in [0, 0.05) is 11.3 Å². The van der Waals surface area contributed by atoms with Crippen molar-refractivity contribution in [1.82, 2.24) is 0 Å². The lowest BCUT2D eigenvalue weighted by Gasteiger charge is -2.10. The molecule has 1 rings (SSSR count). The molecule has 0 N–H and O–H groups in total. The van der Waals surface area contributed by atoms with Crippen LogP contribution in [0.1, 0.15) is 18.1 Å². The molecule has 0 radical (unpaired) electrons. The van der Waals surface area contributed by atoms with Gasteiger partial charge in [-0.2, -0.15) is 0 Å². The molecule has 1 aromatic rings. The molecule has 0 saturated carbocycles. The highest BCUT2D eigenvalue weighted by Gasteiger charge is 2.09. The van der Waals surface area contributed by atoms with Gasteiger partial charge in [-0.1, -0.05) is 41.1 Å². The van der Waals surface area contributed by atoms with Crippen molar-refractivity contribution in [1.29, 1.82) is 0 Å². The van der Waals surface area contributed by atoms with Crippen LogP contribution in [-0.4, -0.2) is 17.4 Å². The van der Waals surface area contributed by atoms with Gasteiger partial charge < -0.3 is 0 Å². The smallest absolute Gasteiger partial charge is 0.147 e. The van der Waals surface area contributed by atoms with Gasteiger partial charge in [0.1, 0.15) is 5.78 Å². The van der Waals surface area contributed by atoms with E-state index in [0.29, 0.717) is 11.8 Å². The minimum atomic E-state index is 0.235. The van der Waals surface area contributed by atoms with Crippen LogP contribution in [0.5, 0.6) is 0 Å². The molecule has 0 aliphatic heterocycles. The van der Waals surface area contributed by atoms with Crippen LogP contribution in [-0.2, 0) is 17.6 Å². The van der Waals surface area contributed by atoms with Crippen molar-refractivity contribution in [3.8, 4) is 0 Å². The number of aryl methyl sites for hydroxylation is 1. The van der Waals surface area contributed by atoms with Crippen LogP contribution in [0, 0.1) is 0 Å². The first-order valence-corrected chi connectivity index (χ1v) is 7.30. The maximum Gasteiger partial charge on any atom is 0.147 e. The van der Waals surface area contributed by atoms with E-state index in [4.69, 9.17) is 0 Å². The molecular weight excluding hydrogens is 272 g/mol. The monoisotopic (exact) mass is 286 g/mol. The third kappa shape index (κ3) is 3.35. The van der Waals surface area contributed by atoms with Crippen molar-refractivity contribution >= 4 is 33.5 Å². The Labute approximate surface area is 104 Å². The van der Waals surface area contributed by atoms with Crippen molar-refractivity contribution in [2.24, 2.45) is 0 Å². The van der Waals surface area contributed by atoms with E-state index in [0.717, 1.165) is 12.0 Å². The van der Waals surface area contributed by atoms with Crippen LogP contribution in [0.3, 0.4) is 0 Å². The predicted octanol–water partition coefficient (Wildman–Crippen LogP) is 3.48. The molecule has 0 unspecified atom stereocenters. The number of carbonyl (C=O) groups excluding carboxylic acids is 1. The van der Waals surface area contributed by atoms with Crippen LogP contribution in [0.15, 0.2) is 23.1 Å². The second kappa shape index (κ2) is 6.33. The van der Waals surface area contributed by atoms with Gasteiger partial charge in [-0.25, -0.2) is 0 Å². The number of Topliss-reactive ketones (excluding diaryl/α,β-unsaturated/α-hetero) is 1. The summed E-state index contributed by atoms with van der Waals surface area (Å²) in [5.74, 6) is 0.235. The van der Waals surface area contributed by atoms with E-state index in [9.17, 15) is 4.79 Å². The number of carbonyl (C=O) groups is 1. The fraction of sp³-hybridized carbons (Fsp3) is 0.417. The largest absolute Gasteiger partial charge is 0.298 e. The summed E-state index contributed by atoms with van der Waals surface area (Å²) in [7, 11) is 0. The molecule has 0 atom stereocenters. The van der Waals surface area contributed by atoms with Gasteiger partial charge >= 0.3 is 0 Å². The Morgan fingerprint density at radius 1 is 1.40 bits per heavy atom. The first kappa shape index (κ1) is 12.8. The SMILES string of the molecule is CCc1cccc(CC(=O)CBr)c1SC. The maximum absolute atomic E-state index is 11.4. The van der Waals surface area contributed by atoms with Crippen molar-refractivity contribution in [3.63, 3.8) is 0 Å². The molecule has 82 valence electrons. The summed E-state index contributed by atoms with van der Waals surface area (Å²) in [5.41, 5.74) is 2.49. The van der Waals surface area contributed by atoms with Gasteiger partial charge in [-0.3, -0.25) is 4.79 Å². The quantitative estimate of drug-likeness (QED) is 0.609. The Hall–Kier alpha value is -0.280. The summed E-state index contributed by atoms with van der Waals surface area (Å²) >= 11 is 4.93. The van der Waals surface area contributed by atoms with Gasteiger partial charge in [0.05, 0.1) is 5.33 Å². The summed E-state index contributed by atoms with van der Waals surface area (Å²) in [6.45, 7) is 2.14. The zero-order valence-corrected chi connectivity index (χ0v) is 11.5. The number of rotatable bonds is 5. The van der Waals surface area contributed by atoms with E-state index in [1.165, 1.54) is 10.5 Å². The van der Waals surface area contributed by atoms with E-state index >= 15 is 0 Å². The lowest BCUT2D eigenvalue weighted by atomic mass is 10.0. The van der Waals surface area contributed by atoms with Gasteiger partial charge in [-0.15, -0.1) is 11.8 Å². The highest BCUT2D eigenvalue weighted by atomic mass is 79.9. The third-order valence-electron chi connectivity index (χ3n) is 2.30. The molecule has 1 aromatic carbocycles. The molecular formula is C12H15BrOS. The Kier molecular flexibility index (Phi) is 5.40. The Morgan fingerprint density at radius 2 is 2.07 bits per heavy atom. The van der Waals surface area contributed by atoms with E-state index in [1.54, 1.807) is 11.8 Å². The van der Waals surface area contributed by atoms with Gasteiger partial charge in [-0.05, 0) is 23.8 Å². The minimum absolute atomic E-state index is 0.235. The van der Waals surface area contributed by atoms with E-state index in [2.05, 4.69) is 35.2 Å². The number of thioether (sulfide) groups is 1. The molecule has 0 spiro atoms. The highest BCUT2D eigenvalue weighted by Crippen LogP contribution is 2.26. The summed E-state index contributed by atoms with van der Waals surface area (Å²) in [6, 6.07) is 6.22. The third-order valence-corrected chi connectivity index (χ3v) is 3.86. The second-order valence-corrected chi connectivity index (χ2v) is 4.69. The summed E-state index contributed by atoms with van der Waals surface area (Å²) < 4.78 is 0. The zero-order chi connectivity index (χ0) is 11.3. The lowest BCUT2D eigenvalue weighted by Crippen LogP contribution is -2.05. The predicted molar refractivity (Wildman–Crippen MR) is 70.1 cm³/mol. The van der Waals surface area contributed by atoms with Gasteiger partial charge in [0.15, 0.2) is 0 Å².